The fourth-order valence-electron chi connectivity index (χ4n) is 2.11. The van der Waals surface area contributed by atoms with Crippen molar-refractivity contribution in [1.29, 1.82) is 0 Å². The van der Waals surface area contributed by atoms with Crippen molar-refractivity contribution in [3.63, 3.8) is 0 Å². The molecule has 0 N–H and O–H groups in total. The molecule has 126 valence electrons. The van der Waals surface area contributed by atoms with Gasteiger partial charge in [-0.1, -0.05) is 31.9 Å². The van der Waals surface area contributed by atoms with Gasteiger partial charge in [-0.15, -0.1) is 0 Å². The predicted molar refractivity (Wildman–Crippen MR) is 85.5 cm³/mol. The maximum absolute atomic E-state index is 10.9. The van der Waals surface area contributed by atoms with Crippen LogP contribution in [0.4, 0.5) is 0 Å². The second-order valence-electron chi connectivity index (χ2n) is 5.41. The van der Waals surface area contributed by atoms with E-state index in [1.54, 1.807) is 0 Å². The summed E-state index contributed by atoms with van der Waals surface area (Å²) in [5, 5.41) is 0. The van der Waals surface area contributed by atoms with Gasteiger partial charge in [0, 0.05) is 0 Å². The van der Waals surface area contributed by atoms with E-state index in [0.717, 1.165) is 19.3 Å². The standard InChI is InChI=1S/C18H32O2.Au/c1-2-3-4-5-6-7-8-9-10-11-12-13-14-15-16-17-18(19)20;/h6-7,9-10H,2-5,8,11-17H2,1H3,(H,19,20);/q;+1/p-1/b7-6-,10-9-;. The summed E-state index contributed by atoms with van der Waals surface area (Å²) < 4.78 is 4.56. The van der Waals surface area contributed by atoms with Crippen LogP contribution < -0.4 is 0 Å². The van der Waals surface area contributed by atoms with Crippen LogP contribution in [0.1, 0.15) is 84.0 Å². The van der Waals surface area contributed by atoms with Crippen LogP contribution in [0, 0.1) is 0 Å². The maximum atomic E-state index is 10.9. The Labute approximate surface area is 143 Å². The zero-order valence-electron chi connectivity index (χ0n) is 13.4. The van der Waals surface area contributed by atoms with Crippen molar-refractivity contribution in [3.8, 4) is 0 Å². The van der Waals surface area contributed by atoms with Gasteiger partial charge in [-0.2, -0.15) is 0 Å². The Morgan fingerprint density at radius 2 is 1.43 bits per heavy atom. The summed E-state index contributed by atoms with van der Waals surface area (Å²) >= 11 is 1.82. The van der Waals surface area contributed by atoms with Gasteiger partial charge in [0.15, 0.2) is 0 Å². The van der Waals surface area contributed by atoms with Crippen LogP contribution in [-0.4, -0.2) is 5.97 Å². The number of unbranched alkanes of at least 4 members (excludes halogenated alkanes) is 8. The second kappa shape index (κ2) is 17.7. The van der Waals surface area contributed by atoms with Gasteiger partial charge < -0.3 is 0 Å². The van der Waals surface area contributed by atoms with Gasteiger partial charge in [0.25, 0.3) is 0 Å². The zero-order chi connectivity index (χ0) is 15.6. The number of carbonyl (C=O) groups is 1. The third kappa shape index (κ3) is 17.6. The molecular weight excluding hydrogens is 445 g/mol. The second-order valence-corrected chi connectivity index (χ2v) is 5.86. The van der Waals surface area contributed by atoms with E-state index >= 15 is 0 Å². The van der Waals surface area contributed by atoms with Crippen molar-refractivity contribution in [2.24, 2.45) is 0 Å². The average molecular weight is 476 g/mol. The van der Waals surface area contributed by atoms with Gasteiger partial charge in [-0.25, -0.2) is 0 Å². The number of rotatable bonds is 14. The number of allylic oxidation sites excluding steroid dienone is 4. The number of hydrogen-bond acceptors (Lipinski definition) is 2. The third-order valence-corrected chi connectivity index (χ3v) is 3.89. The van der Waals surface area contributed by atoms with E-state index in [1.165, 1.54) is 51.4 Å². The molecule has 0 saturated carbocycles. The Kier molecular flexibility index (Phi) is 17.5. The molecule has 0 heterocycles. The van der Waals surface area contributed by atoms with Crippen LogP contribution >= 0.6 is 0 Å². The van der Waals surface area contributed by atoms with Gasteiger partial charge in [-0.3, -0.25) is 0 Å². The van der Waals surface area contributed by atoms with Crippen molar-refractivity contribution < 1.29 is 29.5 Å². The van der Waals surface area contributed by atoms with E-state index in [2.05, 4.69) is 34.5 Å². The first-order valence-electron chi connectivity index (χ1n) is 8.39. The number of hydrogen-bond donors (Lipinski definition) is 0. The topological polar surface area (TPSA) is 26.3 Å². The van der Waals surface area contributed by atoms with Crippen LogP contribution in [0.15, 0.2) is 24.3 Å². The Bertz CT molecular complexity index is 285. The van der Waals surface area contributed by atoms with Gasteiger partial charge in [0.1, 0.15) is 0 Å². The normalized spacial score (nSPS) is 11.6. The Balaban J connectivity index is 3.20. The van der Waals surface area contributed by atoms with Crippen molar-refractivity contribution in [1.82, 2.24) is 0 Å². The molecule has 3 heteroatoms. The van der Waals surface area contributed by atoms with Gasteiger partial charge in [0.2, 0.25) is 0 Å². The summed E-state index contributed by atoms with van der Waals surface area (Å²) in [6.07, 6.45) is 23.0. The molecule has 21 heavy (non-hydrogen) atoms. The molecule has 0 aliphatic rings. The molecule has 0 atom stereocenters. The number of carbonyl (C=O) groups excluding carboxylic acids is 1. The molecule has 0 aromatic rings. The molecule has 0 aromatic carbocycles. The van der Waals surface area contributed by atoms with Gasteiger partial charge in [0.05, 0.1) is 0 Å². The molecular formula is C18H31AuO2. The van der Waals surface area contributed by atoms with Gasteiger partial charge in [-0.05, 0) is 12.8 Å². The molecule has 2 nitrogen and oxygen atoms in total. The summed E-state index contributed by atoms with van der Waals surface area (Å²) in [7, 11) is 0. The van der Waals surface area contributed by atoms with E-state index in [4.69, 9.17) is 0 Å². The summed E-state index contributed by atoms with van der Waals surface area (Å²) in [5.41, 5.74) is 0. The predicted octanol–water partition coefficient (Wildman–Crippen LogP) is 5.80. The van der Waals surface area contributed by atoms with E-state index in [-0.39, 0.29) is 5.97 Å². The first-order valence-corrected chi connectivity index (χ1v) is 9.28. The fraction of sp³-hybridized carbons (Fsp3) is 0.722. The van der Waals surface area contributed by atoms with Crippen molar-refractivity contribution in [2.75, 3.05) is 0 Å². The summed E-state index contributed by atoms with van der Waals surface area (Å²) in [6, 6.07) is 0. The minimum atomic E-state index is -0.107. The van der Waals surface area contributed by atoms with E-state index in [1.807, 2.05) is 21.5 Å². The fourth-order valence-corrected chi connectivity index (χ4v) is 2.33. The minimum absolute atomic E-state index is 0.107. The molecule has 0 aliphatic carbocycles. The Hall–Kier alpha value is -0.310. The summed E-state index contributed by atoms with van der Waals surface area (Å²) in [4.78, 5) is 10.9. The van der Waals surface area contributed by atoms with E-state index < -0.39 is 0 Å². The SMILES string of the molecule is CCCCC/C=C\C/C=C\CCCCCCCC(=O)[O][Au]. The van der Waals surface area contributed by atoms with Crippen LogP contribution in [0.2, 0.25) is 0 Å². The quantitative estimate of drug-likeness (QED) is 0.180. The van der Waals surface area contributed by atoms with Crippen LogP contribution in [-0.2, 0) is 29.5 Å². The summed E-state index contributed by atoms with van der Waals surface area (Å²) in [5.74, 6) is -0.107. The van der Waals surface area contributed by atoms with Crippen LogP contribution in [0.3, 0.4) is 0 Å². The molecule has 0 fully saturated rings. The van der Waals surface area contributed by atoms with Crippen molar-refractivity contribution in [3.05, 3.63) is 24.3 Å². The van der Waals surface area contributed by atoms with E-state index in [9.17, 15) is 4.79 Å². The van der Waals surface area contributed by atoms with Crippen molar-refractivity contribution >= 4 is 5.97 Å². The molecule has 0 unspecified atom stereocenters. The molecule has 0 rings (SSSR count). The van der Waals surface area contributed by atoms with E-state index in [0.29, 0.717) is 6.42 Å². The summed E-state index contributed by atoms with van der Waals surface area (Å²) in [6.45, 7) is 2.24. The molecule has 0 amide bonds. The van der Waals surface area contributed by atoms with Crippen LogP contribution in [0.25, 0.3) is 0 Å². The van der Waals surface area contributed by atoms with Gasteiger partial charge >= 0.3 is 99.0 Å². The molecule has 0 saturated heterocycles. The Morgan fingerprint density at radius 1 is 0.857 bits per heavy atom. The monoisotopic (exact) mass is 476 g/mol. The first-order chi connectivity index (χ1) is 10.3. The molecule has 0 spiro atoms. The third-order valence-electron chi connectivity index (χ3n) is 3.40. The first kappa shape index (κ1) is 20.7. The average Bonchev–Trinajstić information content (AvgIpc) is 2.50. The Morgan fingerprint density at radius 3 is 2.05 bits per heavy atom. The molecule has 0 bridgehead atoms. The molecule has 0 aromatic heterocycles. The van der Waals surface area contributed by atoms with Crippen LogP contribution in [0.5, 0.6) is 0 Å². The van der Waals surface area contributed by atoms with Crippen molar-refractivity contribution in [2.45, 2.75) is 84.0 Å². The zero-order valence-corrected chi connectivity index (χ0v) is 15.6. The molecule has 0 aliphatic heterocycles. The molecule has 0 radical (unpaired) electrons.